The van der Waals surface area contributed by atoms with Gasteiger partial charge in [-0.15, -0.1) is 0 Å². The number of carbonyl (C=O) groups is 1. The van der Waals surface area contributed by atoms with E-state index in [4.69, 9.17) is 11.5 Å². The number of amides is 1. The van der Waals surface area contributed by atoms with E-state index in [0.29, 0.717) is 23.5 Å². The van der Waals surface area contributed by atoms with Crippen molar-refractivity contribution in [2.75, 3.05) is 25.1 Å². The summed E-state index contributed by atoms with van der Waals surface area (Å²) in [5.74, 6) is -0.0787. The molecule has 0 saturated carbocycles. The van der Waals surface area contributed by atoms with Crippen LogP contribution in [-0.2, 0) is 0 Å². The summed E-state index contributed by atoms with van der Waals surface area (Å²) in [7, 11) is 1.73. The van der Waals surface area contributed by atoms with Crippen molar-refractivity contribution < 1.29 is 4.79 Å². The zero-order chi connectivity index (χ0) is 10.7. The van der Waals surface area contributed by atoms with Crippen LogP contribution in [0.5, 0.6) is 0 Å². The number of rotatable bonds is 2. The van der Waals surface area contributed by atoms with Gasteiger partial charge in [0, 0.05) is 25.0 Å². The number of benzene rings is 1. The lowest BCUT2D eigenvalue weighted by atomic mass is 10.1. The molecule has 0 saturated heterocycles. The summed E-state index contributed by atoms with van der Waals surface area (Å²) in [6.07, 6.45) is 0. The second kappa shape index (κ2) is 4.00. The molecular weight excluding hydrogens is 178 g/mol. The Hall–Kier alpha value is -1.71. The maximum atomic E-state index is 11.7. The van der Waals surface area contributed by atoms with Gasteiger partial charge in [-0.1, -0.05) is 0 Å². The number of anilines is 2. The number of hydrogen-bond acceptors (Lipinski definition) is 3. The molecule has 1 aromatic carbocycles. The minimum atomic E-state index is -0.0787. The first-order valence-electron chi connectivity index (χ1n) is 4.46. The molecule has 1 aromatic rings. The molecule has 1 amide bonds. The first kappa shape index (κ1) is 10.4. The van der Waals surface area contributed by atoms with Gasteiger partial charge in [-0.3, -0.25) is 4.79 Å². The molecule has 4 heteroatoms. The summed E-state index contributed by atoms with van der Waals surface area (Å²) in [5.41, 5.74) is 12.7. The van der Waals surface area contributed by atoms with Gasteiger partial charge in [0.05, 0.1) is 5.56 Å². The fraction of sp³-hybridized carbons (Fsp3) is 0.300. The SMILES string of the molecule is CCN(C)C(=O)c1ccc(N)cc1N. The molecule has 0 aliphatic heterocycles. The predicted molar refractivity (Wildman–Crippen MR) is 57.9 cm³/mol. The van der Waals surface area contributed by atoms with Crippen LogP contribution in [0.2, 0.25) is 0 Å². The van der Waals surface area contributed by atoms with Crippen LogP contribution >= 0.6 is 0 Å². The fourth-order valence-electron chi connectivity index (χ4n) is 1.13. The minimum Gasteiger partial charge on any atom is -0.399 e. The first-order chi connectivity index (χ1) is 6.56. The van der Waals surface area contributed by atoms with Crippen molar-refractivity contribution in [3.63, 3.8) is 0 Å². The summed E-state index contributed by atoms with van der Waals surface area (Å²) in [5, 5.41) is 0. The zero-order valence-electron chi connectivity index (χ0n) is 8.45. The highest BCUT2D eigenvalue weighted by molar-refractivity contribution is 5.99. The van der Waals surface area contributed by atoms with E-state index in [0.717, 1.165) is 0 Å². The quantitative estimate of drug-likeness (QED) is 0.687. The van der Waals surface area contributed by atoms with Gasteiger partial charge in [-0.05, 0) is 25.1 Å². The Bertz CT molecular complexity index is 349. The first-order valence-corrected chi connectivity index (χ1v) is 4.46. The molecule has 4 nitrogen and oxygen atoms in total. The number of nitrogen functional groups attached to an aromatic ring is 2. The lowest BCUT2D eigenvalue weighted by Gasteiger charge is -2.15. The Balaban J connectivity index is 3.02. The maximum absolute atomic E-state index is 11.7. The summed E-state index contributed by atoms with van der Waals surface area (Å²) >= 11 is 0. The van der Waals surface area contributed by atoms with Crippen LogP contribution in [0.3, 0.4) is 0 Å². The molecule has 0 unspecified atom stereocenters. The second-order valence-electron chi connectivity index (χ2n) is 3.17. The Kier molecular flexibility index (Phi) is 2.96. The molecule has 0 heterocycles. The van der Waals surface area contributed by atoms with Gasteiger partial charge in [0.2, 0.25) is 0 Å². The highest BCUT2D eigenvalue weighted by atomic mass is 16.2. The van der Waals surface area contributed by atoms with E-state index in [1.807, 2.05) is 6.92 Å². The van der Waals surface area contributed by atoms with Gasteiger partial charge in [0.15, 0.2) is 0 Å². The molecule has 0 bridgehead atoms. The number of nitrogens with two attached hydrogens (primary N) is 2. The third-order valence-corrected chi connectivity index (χ3v) is 2.13. The normalized spacial score (nSPS) is 9.86. The van der Waals surface area contributed by atoms with E-state index >= 15 is 0 Å². The Morgan fingerprint density at radius 2 is 2.07 bits per heavy atom. The van der Waals surface area contributed by atoms with Crippen molar-refractivity contribution in [2.24, 2.45) is 0 Å². The van der Waals surface area contributed by atoms with Gasteiger partial charge in [-0.2, -0.15) is 0 Å². The number of carbonyl (C=O) groups excluding carboxylic acids is 1. The average Bonchev–Trinajstić information content (AvgIpc) is 2.15. The van der Waals surface area contributed by atoms with Crippen LogP contribution in [0.4, 0.5) is 11.4 Å². The molecule has 0 aliphatic rings. The monoisotopic (exact) mass is 193 g/mol. The molecule has 0 aromatic heterocycles. The van der Waals surface area contributed by atoms with Gasteiger partial charge in [-0.25, -0.2) is 0 Å². The number of hydrogen-bond donors (Lipinski definition) is 2. The lowest BCUT2D eigenvalue weighted by molar-refractivity contribution is 0.0803. The third-order valence-electron chi connectivity index (χ3n) is 2.13. The summed E-state index contributed by atoms with van der Waals surface area (Å²) in [6.45, 7) is 2.56. The lowest BCUT2D eigenvalue weighted by Crippen LogP contribution is -2.26. The molecule has 0 aliphatic carbocycles. The number of nitrogens with zero attached hydrogens (tertiary/aromatic N) is 1. The highest BCUT2D eigenvalue weighted by Crippen LogP contribution is 2.16. The van der Waals surface area contributed by atoms with Crippen molar-refractivity contribution in [2.45, 2.75) is 6.92 Å². The van der Waals surface area contributed by atoms with Crippen molar-refractivity contribution in [3.8, 4) is 0 Å². The standard InChI is InChI=1S/C10H15N3O/c1-3-13(2)10(14)8-5-4-7(11)6-9(8)12/h4-6H,3,11-12H2,1-2H3. The van der Waals surface area contributed by atoms with Crippen LogP contribution in [0, 0.1) is 0 Å². The van der Waals surface area contributed by atoms with Crippen molar-refractivity contribution in [1.82, 2.24) is 4.90 Å². The molecule has 0 fully saturated rings. The van der Waals surface area contributed by atoms with E-state index in [1.54, 1.807) is 30.1 Å². The molecule has 0 atom stereocenters. The van der Waals surface area contributed by atoms with Crippen molar-refractivity contribution in [1.29, 1.82) is 0 Å². The van der Waals surface area contributed by atoms with Crippen LogP contribution in [-0.4, -0.2) is 24.4 Å². The fourth-order valence-corrected chi connectivity index (χ4v) is 1.13. The molecule has 0 radical (unpaired) electrons. The average molecular weight is 193 g/mol. The molecule has 1 rings (SSSR count). The van der Waals surface area contributed by atoms with Crippen LogP contribution in [0.1, 0.15) is 17.3 Å². The summed E-state index contributed by atoms with van der Waals surface area (Å²) in [4.78, 5) is 13.3. The van der Waals surface area contributed by atoms with Crippen LogP contribution in [0.15, 0.2) is 18.2 Å². The Labute approximate surface area is 83.5 Å². The molecule has 0 spiro atoms. The van der Waals surface area contributed by atoms with E-state index in [1.165, 1.54) is 0 Å². The molecule has 4 N–H and O–H groups in total. The Morgan fingerprint density at radius 3 is 2.57 bits per heavy atom. The Morgan fingerprint density at radius 1 is 1.43 bits per heavy atom. The van der Waals surface area contributed by atoms with Gasteiger partial charge < -0.3 is 16.4 Å². The van der Waals surface area contributed by atoms with Crippen molar-refractivity contribution >= 4 is 17.3 Å². The van der Waals surface area contributed by atoms with E-state index in [-0.39, 0.29) is 5.91 Å². The second-order valence-corrected chi connectivity index (χ2v) is 3.17. The smallest absolute Gasteiger partial charge is 0.255 e. The molecule has 76 valence electrons. The maximum Gasteiger partial charge on any atom is 0.255 e. The molecular formula is C10H15N3O. The predicted octanol–water partition coefficient (Wildman–Crippen LogP) is 0.943. The van der Waals surface area contributed by atoms with E-state index in [2.05, 4.69) is 0 Å². The van der Waals surface area contributed by atoms with Gasteiger partial charge in [0.25, 0.3) is 5.91 Å². The van der Waals surface area contributed by atoms with Gasteiger partial charge >= 0.3 is 0 Å². The third kappa shape index (κ3) is 1.96. The topological polar surface area (TPSA) is 72.3 Å². The highest BCUT2D eigenvalue weighted by Gasteiger charge is 2.12. The van der Waals surface area contributed by atoms with Gasteiger partial charge in [0.1, 0.15) is 0 Å². The zero-order valence-corrected chi connectivity index (χ0v) is 8.45. The largest absolute Gasteiger partial charge is 0.399 e. The molecule has 14 heavy (non-hydrogen) atoms. The van der Waals surface area contributed by atoms with Crippen molar-refractivity contribution in [3.05, 3.63) is 23.8 Å². The van der Waals surface area contributed by atoms with E-state index in [9.17, 15) is 4.79 Å². The van der Waals surface area contributed by atoms with Crippen LogP contribution in [0.25, 0.3) is 0 Å². The minimum absolute atomic E-state index is 0.0787. The summed E-state index contributed by atoms with van der Waals surface area (Å²) < 4.78 is 0. The summed E-state index contributed by atoms with van der Waals surface area (Å²) in [6, 6.07) is 4.92. The van der Waals surface area contributed by atoms with E-state index < -0.39 is 0 Å². The van der Waals surface area contributed by atoms with Crippen LogP contribution < -0.4 is 11.5 Å².